The summed E-state index contributed by atoms with van der Waals surface area (Å²) in [7, 11) is 0. The highest BCUT2D eigenvalue weighted by molar-refractivity contribution is 6.31. The first kappa shape index (κ1) is 13.9. The van der Waals surface area contributed by atoms with Crippen LogP contribution >= 0.6 is 11.6 Å². The number of rotatable bonds is 3. The fraction of sp³-hybridized carbons (Fsp3) is 0.200. The highest BCUT2D eigenvalue weighted by Crippen LogP contribution is 2.22. The molecule has 3 aromatic rings. The van der Waals surface area contributed by atoms with Crippen molar-refractivity contribution in [2.75, 3.05) is 5.43 Å². The molecule has 0 aliphatic rings. The maximum absolute atomic E-state index is 6.21. The predicted molar refractivity (Wildman–Crippen MR) is 85.4 cm³/mol. The number of imidazole rings is 1. The summed E-state index contributed by atoms with van der Waals surface area (Å²) in [4.78, 5) is 8.84. The van der Waals surface area contributed by atoms with Crippen LogP contribution in [0.1, 0.15) is 16.8 Å². The van der Waals surface area contributed by atoms with Crippen LogP contribution in [0.5, 0.6) is 0 Å². The van der Waals surface area contributed by atoms with Crippen LogP contribution < -0.4 is 11.3 Å². The molecule has 21 heavy (non-hydrogen) atoms. The van der Waals surface area contributed by atoms with Crippen molar-refractivity contribution >= 4 is 28.5 Å². The van der Waals surface area contributed by atoms with E-state index in [4.69, 9.17) is 17.4 Å². The zero-order valence-corrected chi connectivity index (χ0v) is 12.6. The molecule has 0 amide bonds. The number of nitrogens with one attached hydrogen (secondary N) is 1. The molecule has 3 N–H and O–H groups in total. The first-order valence-electron chi connectivity index (χ1n) is 6.62. The minimum atomic E-state index is 0.549. The molecule has 2 aromatic heterocycles. The van der Waals surface area contributed by atoms with Crippen LogP contribution in [0.25, 0.3) is 11.0 Å². The topological polar surface area (TPSA) is 68.8 Å². The molecular formula is C15H16ClN5. The lowest BCUT2D eigenvalue weighted by atomic mass is 10.1. The second kappa shape index (κ2) is 5.35. The minimum absolute atomic E-state index is 0.549. The van der Waals surface area contributed by atoms with Gasteiger partial charge in [-0.05, 0) is 49.2 Å². The van der Waals surface area contributed by atoms with Crippen LogP contribution in [0.4, 0.5) is 5.82 Å². The lowest BCUT2D eigenvalue weighted by molar-refractivity contribution is 0.798. The van der Waals surface area contributed by atoms with E-state index < -0.39 is 0 Å². The summed E-state index contributed by atoms with van der Waals surface area (Å²) >= 11 is 6.21. The molecule has 0 fully saturated rings. The van der Waals surface area contributed by atoms with Crippen LogP contribution in [0.2, 0.25) is 5.02 Å². The van der Waals surface area contributed by atoms with E-state index in [9.17, 15) is 0 Å². The molecule has 2 heterocycles. The normalized spacial score (nSPS) is 11.0. The smallest absolute Gasteiger partial charge is 0.140 e. The third-order valence-corrected chi connectivity index (χ3v) is 3.97. The van der Waals surface area contributed by atoms with Crippen LogP contribution in [0.3, 0.4) is 0 Å². The average Bonchev–Trinajstić information content (AvgIpc) is 2.84. The third kappa shape index (κ3) is 2.57. The van der Waals surface area contributed by atoms with Crippen molar-refractivity contribution in [1.82, 2.24) is 14.5 Å². The highest BCUT2D eigenvalue weighted by atomic mass is 35.5. The Morgan fingerprint density at radius 3 is 2.76 bits per heavy atom. The SMILES string of the molecule is Cc1cc2ncn(Cc3nc(NN)ccc3Cl)c2cc1C. The summed E-state index contributed by atoms with van der Waals surface area (Å²) in [5.74, 6) is 5.98. The van der Waals surface area contributed by atoms with Gasteiger partial charge in [0.05, 0.1) is 34.6 Å². The molecule has 0 aliphatic heterocycles. The summed E-state index contributed by atoms with van der Waals surface area (Å²) in [6.45, 7) is 4.73. The number of anilines is 1. The molecule has 3 rings (SSSR count). The first-order chi connectivity index (χ1) is 10.1. The van der Waals surface area contributed by atoms with E-state index >= 15 is 0 Å². The fourth-order valence-electron chi connectivity index (χ4n) is 2.28. The van der Waals surface area contributed by atoms with E-state index in [0.717, 1.165) is 16.7 Å². The number of hydrogen-bond acceptors (Lipinski definition) is 4. The average molecular weight is 302 g/mol. The number of aromatic nitrogens is 3. The Hall–Kier alpha value is -2.11. The minimum Gasteiger partial charge on any atom is -0.324 e. The number of benzene rings is 1. The number of hydrazine groups is 1. The molecule has 6 heteroatoms. The van der Waals surface area contributed by atoms with Crippen molar-refractivity contribution in [3.05, 3.63) is 52.4 Å². The van der Waals surface area contributed by atoms with Gasteiger partial charge in [0.2, 0.25) is 0 Å². The van der Waals surface area contributed by atoms with Crippen molar-refractivity contribution in [2.45, 2.75) is 20.4 Å². The monoisotopic (exact) mass is 301 g/mol. The number of pyridine rings is 1. The lowest BCUT2D eigenvalue weighted by Crippen LogP contribution is -2.10. The number of nitrogens with two attached hydrogens (primary N) is 1. The first-order valence-corrected chi connectivity index (χ1v) is 7.00. The number of nitrogen functional groups attached to an aromatic ring is 1. The van der Waals surface area contributed by atoms with Gasteiger partial charge in [-0.2, -0.15) is 0 Å². The second-order valence-corrected chi connectivity index (χ2v) is 5.47. The molecule has 0 aliphatic carbocycles. The third-order valence-electron chi connectivity index (χ3n) is 3.62. The molecule has 0 spiro atoms. The zero-order chi connectivity index (χ0) is 15.0. The Balaban J connectivity index is 2.04. The molecule has 0 unspecified atom stereocenters. The molecule has 108 valence electrons. The van der Waals surface area contributed by atoms with Gasteiger partial charge in [0.1, 0.15) is 5.82 Å². The molecule has 5 nitrogen and oxygen atoms in total. The molecule has 1 aromatic carbocycles. The van der Waals surface area contributed by atoms with Gasteiger partial charge in [-0.1, -0.05) is 11.6 Å². The molecule has 0 bridgehead atoms. The highest BCUT2D eigenvalue weighted by Gasteiger charge is 2.09. The quantitative estimate of drug-likeness (QED) is 0.576. The van der Waals surface area contributed by atoms with E-state index in [-0.39, 0.29) is 0 Å². The molecule has 0 saturated heterocycles. The van der Waals surface area contributed by atoms with Crippen molar-refractivity contribution < 1.29 is 0 Å². The number of nitrogens with zero attached hydrogens (tertiary/aromatic N) is 3. The molecule has 0 radical (unpaired) electrons. The lowest BCUT2D eigenvalue weighted by Gasteiger charge is -2.09. The summed E-state index contributed by atoms with van der Waals surface area (Å²) in [5.41, 5.74) is 7.80. The van der Waals surface area contributed by atoms with Gasteiger partial charge in [-0.25, -0.2) is 15.8 Å². The van der Waals surface area contributed by atoms with Gasteiger partial charge >= 0.3 is 0 Å². The van der Waals surface area contributed by atoms with E-state index in [1.54, 1.807) is 12.1 Å². The van der Waals surface area contributed by atoms with Crippen molar-refractivity contribution in [3.63, 3.8) is 0 Å². The van der Waals surface area contributed by atoms with E-state index in [2.05, 4.69) is 41.4 Å². The Kier molecular flexibility index (Phi) is 3.53. The van der Waals surface area contributed by atoms with Gasteiger partial charge in [-0.3, -0.25) is 0 Å². The van der Waals surface area contributed by atoms with Crippen LogP contribution in [-0.2, 0) is 6.54 Å². The van der Waals surface area contributed by atoms with Gasteiger partial charge in [0.25, 0.3) is 0 Å². The molecular weight excluding hydrogens is 286 g/mol. The largest absolute Gasteiger partial charge is 0.324 e. The van der Waals surface area contributed by atoms with E-state index in [1.807, 2.05) is 10.9 Å². The van der Waals surface area contributed by atoms with Crippen LogP contribution in [0.15, 0.2) is 30.6 Å². The fourth-order valence-corrected chi connectivity index (χ4v) is 2.44. The second-order valence-electron chi connectivity index (χ2n) is 5.07. The number of hydrogen-bond donors (Lipinski definition) is 2. The van der Waals surface area contributed by atoms with E-state index in [1.165, 1.54) is 11.1 Å². The summed E-state index contributed by atoms with van der Waals surface area (Å²) in [5, 5.41) is 0.611. The number of fused-ring (bicyclic) bond motifs is 1. The zero-order valence-electron chi connectivity index (χ0n) is 11.9. The van der Waals surface area contributed by atoms with Crippen LogP contribution in [0, 0.1) is 13.8 Å². The molecule has 0 atom stereocenters. The standard InChI is InChI=1S/C15H16ClN5/c1-9-5-12-14(6-10(9)2)21(8-18-12)7-13-11(16)3-4-15(19-13)20-17/h3-6,8H,7,17H2,1-2H3,(H,19,20). The maximum atomic E-state index is 6.21. The summed E-state index contributed by atoms with van der Waals surface area (Å²) in [6, 6.07) is 7.75. The summed E-state index contributed by atoms with van der Waals surface area (Å²) in [6.07, 6.45) is 1.81. The van der Waals surface area contributed by atoms with E-state index in [0.29, 0.717) is 17.4 Å². The molecule has 0 saturated carbocycles. The summed E-state index contributed by atoms with van der Waals surface area (Å²) < 4.78 is 2.04. The van der Waals surface area contributed by atoms with Gasteiger partial charge in [0, 0.05) is 0 Å². The Morgan fingerprint density at radius 1 is 1.24 bits per heavy atom. The predicted octanol–water partition coefficient (Wildman–Crippen LogP) is 3.04. The number of halogens is 1. The van der Waals surface area contributed by atoms with Gasteiger partial charge < -0.3 is 9.99 Å². The Bertz CT molecular complexity index is 809. The van der Waals surface area contributed by atoms with Gasteiger partial charge in [-0.15, -0.1) is 0 Å². The van der Waals surface area contributed by atoms with Crippen molar-refractivity contribution in [3.8, 4) is 0 Å². The van der Waals surface area contributed by atoms with Crippen molar-refractivity contribution in [2.24, 2.45) is 5.84 Å². The number of aryl methyl sites for hydroxylation is 2. The Labute approximate surface area is 127 Å². The van der Waals surface area contributed by atoms with Gasteiger partial charge in [0.15, 0.2) is 0 Å². The Morgan fingerprint density at radius 2 is 2.00 bits per heavy atom. The van der Waals surface area contributed by atoms with Crippen LogP contribution in [-0.4, -0.2) is 14.5 Å². The van der Waals surface area contributed by atoms with Crippen molar-refractivity contribution in [1.29, 1.82) is 0 Å². The maximum Gasteiger partial charge on any atom is 0.140 e.